The third kappa shape index (κ3) is 4.29. The molecule has 0 aliphatic carbocycles. The summed E-state index contributed by atoms with van der Waals surface area (Å²) in [4.78, 5) is 18.6. The molecule has 30 heavy (non-hydrogen) atoms. The zero-order valence-electron chi connectivity index (χ0n) is 17.8. The molecule has 0 spiro atoms. The summed E-state index contributed by atoms with van der Waals surface area (Å²) < 4.78 is 7.00. The van der Waals surface area contributed by atoms with Crippen LogP contribution < -0.4 is 5.56 Å². The molecule has 4 rings (SSSR count). The van der Waals surface area contributed by atoms with Crippen molar-refractivity contribution >= 4 is 10.9 Å². The van der Waals surface area contributed by atoms with E-state index in [2.05, 4.69) is 44.5 Å². The number of hydrogen-bond donors (Lipinski definition) is 1. The molecule has 3 heterocycles. The molecule has 8 heteroatoms. The molecule has 1 aromatic carbocycles. The Hall–Kier alpha value is -2.58. The van der Waals surface area contributed by atoms with Gasteiger partial charge in [-0.1, -0.05) is 25.8 Å². The molecule has 1 fully saturated rings. The van der Waals surface area contributed by atoms with Crippen LogP contribution in [0.5, 0.6) is 0 Å². The number of nitrogens with one attached hydrogen (secondary N) is 1. The SMILES string of the molecule is CCc1ccc2[nH]c(=O)c([C@H](c3nnnn3CCOC)N3CCCCCC3)cc2c1. The molecule has 160 valence electrons. The van der Waals surface area contributed by atoms with E-state index in [1.807, 2.05) is 12.1 Å². The summed E-state index contributed by atoms with van der Waals surface area (Å²) >= 11 is 0. The summed E-state index contributed by atoms with van der Waals surface area (Å²) in [6.45, 7) is 5.05. The lowest BCUT2D eigenvalue weighted by Gasteiger charge is -2.29. The number of ether oxygens (including phenoxy) is 1. The van der Waals surface area contributed by atoms with Gasteiger partial charge in [0, 0.05) is 18.2 Å². The van der Waals surface area contributed by atoms with Crippen molar-refractivity contribution in [2.45, 2.75) is 51.6 Å². The van der Waals surface area contributed by atoms with E-state index in [1.165, 1.54) is 18.4 Å². The van der Waals surface area contributed by atoms with Crippen LogP contribution in [0.4, 0.5) is 0 Å². The van der Waals surface area contributed by atoms with Crippen LogP contribution in [0, 0.1) is 0 Å². The number of benzene rings is 1. The van der Waals surface area contributed by atoms with Gasteiger partial charge < -0.3 is 9.72 Å². The summed E-state index contributed by atoms with van der Waals surface area (Å²) in [5, 5.41) is 13.5. The Morgan fingerprint density at radius 3 is 2.70 bits per heavy atom. The fourth-order valence-corrected chi connectivity index (χ4v) is 4.29. The second-order valence-corrected chi connectivity index (χ2v) is 7.93. The van der Waals surface area contributed by atoms with E-state index in [0.29, 0.717) is 24.5 Å². The number of pyridine rings is 1. The van der Waals surface area contributed by atoms with Crippen molar-refractivity contribution in [1.82, 2.24) is 30.1 Å². The predicted octanol–water partition coefficient (Wildman–Crippen LogP) is 2.69. The normalized spacial score (nSPS) is 16.6. The Morgan fingerprint density at radius 2 is 1.97 bits per heavy atom. The highest BCUT2D eigenvalue weighted by Crippen LogP contribution is 2.29. The summed E-state index contributed by atoms with van der Waals surface area (Å²) in [5.41, 5.74) is 2.72. The third-order valence-electron chi connectivity index (χ3n) is 5.96. The van der Waals surface area contributed by atoms with Crippen LogP contribution in [0.2, 0.25) is 0 Å². The van der Waals surface area contributed by atoms with Crippen LogP contribution in [-0.4, -0.2) is 56.9 Å². The average molecular weight is 411 g/mol. The van der Waals surface area contributed by atoms with E-state index in [1.54, 1.807) is 11.8 Å². The minimum absolute atomic E-state index is 0.0812. The second kappa shape index (κ2) is 9.49. The summed E-state index contributed by atoms with van der Waals surface area (Å²) in [6.07, 6.45) is 5.61. The topological polar surface area (TPSA) is 88.9 Å². The Labute approximate surface area is 176 Å². The third-order valence-corrected chi connectivity index (χ3v) is 5.96. The lowest BCUT2D eigenvalue weighted by atomic mass is 10.0. The van der Waals surface area contributed by atoms with Gasteiger partial charge in [-0.3, -0.25) is 9.69 Å². The molecule has 1 N–H and O–H groups in total. The molecule has 0 radical (unpaired) electrons. The predicted molar refractivity (Wildman–Crippen MR) is 116 cm³/mol. The first-order valence-corrected chi connectivity index (χ1v) is 10.9. The van der Waals surface area contributed by atoms with Crippen molar-refractivity contribution in [3.8, 4) is 0 Å². The molecule has 0 bridgehead atoms. The summed E-state index contributed by atoms with van der Waals surface area (Å²) in [7, 11) is 1.66. The van der Waals surface area contributed by atoms with Crippen molar-refractivity contribution in [2.24, 2.45) is 0 Å². The van der Waals surface area contributed by atoms with E-state index in [4.69, 9.17) is 4.74 Å². The Balaban J connectivity index is 1.84. The molecule has 1 aliphatic rings. The second-order valence-electron chi connectivity index (χ2n) is 7.93. The van der Waals surface area contributed by atoms with Crippen molar-refractivity contribution in [2.75, 3.05) is 26.8 Å². The maximum absolute atomic E-state index is 13.2. The standard InChI is InChI=1S/C22H30N6O2/c1-3-16-8-9-19-17(14-16)15-18(22(29)23-19)20(27-10-6-4-5-7-11-27)21-24-25-26-28(21)12-13-30-2/h8-9,14-15,20H,3-7,10-13H2,1-2H3,(H,23,29)/t20-/m1/s1. The molecule has 2 aromatic heterocycles. The van der Waals surface area contributed by atoms with E-state index in [9.17, 15) is 4.79 Å². The molecular weight excluding hydrogens is 380 g/mol. The minimum Gasteiger partial charge on any atom is -0.383 e. The lowest BCUT2D eigenvalue weighted by molar-refractivity contribution is 0.175. The molecule has 0 saturated carbocycles. The van der Waals surface area contributed by atoms with Gasteiger partial charge >= 0.3 is 0 Å². The number of aromatic amines is 1. The van der Waals surface area contributed by atoms with Gasteiger partial charge in [-0.25, -0.2) is 4.68 Å². The van der Waals surface area contributed by atoms with Crippen LogP contribution in [0.1, 0.15) is 55.6 Å². The number of hydrogen-bond acceptors (Lipinski definition) is 6. The van der Waals surface area contributed by atoms with Crippen LogP contribution in [0.3, 0.4) is 0 Å². The Morgan fingerprint density at radius 1 is 1.17 bits per heavy atom. The monoisotopic (exact) mass is 410 g/mol. The molecule has 1 aliphatic heterocycles. The van der Waals surface area contributed by atoms with E-state index in [-0.39, 0.29) is 11.6 Å². The largest absolute Gasteiger partial charge is 0.383 e. The zero-order valence-corrected chi connectivity index (χ0v) is 17.8. The number of methoxy groups -OCH3 is 1. The maximum Gasteiger partial charge on any atom is 0.253 e. The molecule has 8 nitrogen and oxygen atoms in total. The number of likely N-dealkylation sites (tertiary alicyclic amines) is 1. The van der Waals surface area contributed by atoms with Gasteiger partial charge in [-0.05, 0) is 71.9 Å². The highest BCUT2D eigenvalue weighted by atomic mass is 16.5. The van der Waals surface area contributed by atoms with E-state index < -0.39 is 0 Å². The number of aryl methyl sites for hydroxylation is 1. The fourth-order valence-electron chi connectivity index (χ4n) is 4.29. The Kier molecular flexibility index (Phi) is 6.54. The first kappa shape index (κ1) is 20.7. The van der Waals surface area contributed by atoms with Crippen LogP contribution in [0.25, 0.3) is 10.9 Å². The maximum atomic E-state index is 13.2. The number of rotatable bonds is 7. The van der Waals surface area contributed by atoms with Gasteiger partial charge in [0.25, 0.3) is 5.56 Å². The molecule has 1 saturated heterocycles. The van der Waals surface area contributed by atoms with Crippen LogP contribution >= 0.6 is 0 Å². The van der Waals surface area contributed by atoms with Gasteiger partial charge in [0.2, 0.25) is 0 Å². The Bertz CT molecular complexity index is 1040. The highest BCUT2D eigenvalue weighted by Gasteiger charge is 2.30. The van der Waals surface area contributed by atoms with Gasteiger partial charge in [-0.15, -0.1) is 5.10 Å². The minimum atomic E-state index is -0.284. The quantitative estimate of drug-likeness (QED) is 0.644. The number of fused-ring (bicyclic) bond motifs is 1. The van der Waals surface area contributed by atoms with Crippen molar-refractivity contribution in [3.63, 3.8) is 0 Å². The zero-order chi connectivity index (χ0) is 20.9. The van der Waals surface area contributed by atoms with E-state index >= 15 is 0 Å². The molecule has 3 aromatic rings. The molecule has 0 amide bonds. The fraction of sp³-hybridized carbons (Fsp3) is 0.545. The first-order chi connectivity index (χ1) is 14.7. The highest BCUT2D eigenvalue weighted by molar-refractivity contribution is 5.80. The van der Waals surface area contributed by atoms with Gasteiger partial charge in [0.05, 0.1) is 13.2 Å². The van der Waals surface area contributed by atoms with Crippen molar-refractivity contribution in [3.05, 3.63) is 51.6 Å². The summed E-state index contributed by atoms with van der Waals surface area (Å²) in [6, 6.07) is 7.95. The number of H-pyrrole nitrogens is 1. The average Bonchev–Trinajstić information content (AvgIpc) is 3.05. The molecule has 0 unspecified atom stereocenters. The molecular formula is C22H30N6O2. The lowest BCUT2D eigenvalue weighted by Crippen LogP contribution is -2.36. The van der Waals surface area contributed by atoms with Crippen molar-refractivity contribution < 1.29 is 4.74 Å². The van der Waals surface area contributed by atoms with E-state index in [0.717, 1.165) is 43.3 Å². The van der Waals surface area contributed by atoms with Crippen molar-refractivity contribution in [1.29, 1.82) is 0 Å². The van der Waals surface area contributed by atoms with Gasteiger partial charge in [0.1, 0.15) is 6.04 Å². The summed E-state index contributed by atoms with van der Waals surface area (Å²) in [5.74, 6) is 0.699. The smallest absolute Gasteiger partial charge is 0.253 e. The van der Waals surface area contributed by atoms with Gasteiger partial charge in [0.15, 0.2) is 5.82 Å². The molecule has 1 atom stereocenters. The first-order valence-electron chi connectivity index (χ1n) is 10.9. The van der Waals surface area contributed by atoms with Crippen LogP contribution in [-0.2, 0) is 17.7 Å². The van der Waals surface area contributed by atoms with Gasteiger partial charge in [-0.2, -0.15) is 0 Å². The number of aromatic nitrogens is 5. The number of nitrogens with zero attached hydrogens (tertiary/aromatic N) is 5. The number of tetrazole rings is 1. The van der Waals surface area contributed by atoms with Crippen LogP contribution in [0.15, 0.2) is 29.1 Å².